The standard InChI is InChI=1S/C10H9NOS/c12-7-8-4-9(6-11-5-8)10-2-1-3-13-10/h2,4-7H,1,3H2. The van der Waals surface area contributed by atoms with Gasteiger partial charge in [0, 0.05) is 34.2 Å². The fourth-order valence-corrected chi connectivity index (χ4v) is 2.25. The summed E-state index contributed by atoms with van der Waals surface area (Å²) < 4.78 is 0. The van der Waals surface area contributed by atoms with Gasteiger partial charge >= 0.3 is 0 Å². The van der Waals surface area contributed by atoms with Crippen molar-refractivity contribution in [3.8, 4) is 0 Å². The van der Waals surface area contributed by atoms with E-state index in [4.69, 9.17) is 0 Å². The molecule has 2 rings (SSSR count). The van der Waals surface area contributed by atoms with Gasteiger partial charge in [0.2, 0.25) is 0 Å². The number of hydrogen-bond donors (Lipinski definition) is 0. The second-order valence-corrected chi connectivity index (χ2v) is 3.97. The molecule has 0 bridgehead atoms. The molecule has 66 valence electrons. The van der Waals surface area contributed by atoms with Gasteiger partial charge in [0.15, 0.2) is 6.29 Å². The van der Waals surface area contributed by atoms with Gasteiger partial charge in [-0.3, -0.25) is 9.78 Å². The van der Waals surface area contributed by atoms with Crippen molar-refractivity contribution >= 4 is 23.0 Å². The summed E-state index contributed by atoms with van der Waals surface area (Å²) in [7, 11) is 0. The largest absolute Gasteiger partial charge is 0.298 e. The molecule has 0 aromatic carbocycles. The normalized spacial score (nSPS) is 15.5. The summed E-state index contributed by atoms with van der Waals surface area (Å²) in [6.07, 6.45) is 7.52. The maximum Gasteiger partial charge on any atom is 0.151 e. The molecule has 0 atom stereocenters. The van der Waals surface area contributed by atoms with Crippen LogP contribution < -0.4 is 0 Å². The van der Waals surface area contributed by atoms with Crippen LogP contribution in [0.3, 0.4) is 0 Å². The maximum absolute atomic E-state index is 10.5. The van der Waals surface area contributed by atoms with Crippen LogP contribution in [0.1, 0.15) is 22.3 Å². The molecule has 13 heavy (non-hydrogen) atoms. The van der Waals surface area contributed by atoms with Crippen molar-refractivity contribution in [1.82, 2.24) is 4.98 Å². The molecule has 0 saturated heterocycles. The Kier molecular flexibility index (Phi) is 2.45. The second kappa shape index (κ2) is 3.75. The number of pyridine rings is 1. The highest BCUT2D eigenvalue weighted by Crippen LogP contribution is 2.33. The number of carbonyl (C=O) groups excluding carboxylic acids is 1. The van der Waals surface area contributed by atoms with E-state index in [2.05, 4.69) is 11.1 Å². The molecule has 0 fully saturated rings. The molecule has 0 spiro atoms. The van der Waals surface area contributed by atoms with E-state index in [9.17, 15) is 4.79 Å². The van der Waals surface area contributed by atoms with Gasteiger partial charge in [0.05, 0.1) is 0 Å². The van der Waals surface area contributed by atoms with Crippen molar-refractivity contribution in [2.75, 3.05) is 5.75 Å². The molecule has 0 amide bonds. The molecule has 0 unspecified atom stereocenters. The molecule has 0 aliphatic carbocycles. The van der Waals surface area contributed by atoms with Crippen LogP contribution in [0.15, 0.2) is 24.5 Å². The lowest BCUT2D eigenvalue weighted by Crippen LogP contribution is -1.86. The van der Waals surface area contributed by atoms with E-state index in [1.165, 1.54) is 4.91 Å². The lowest BCUT2D eigenvalue weighted by atomic mass is 10.2. The average Bonchev–Trinajstić information content (AvgIpc) is 2.71. The first-order valence-corrected chi connectivity index (χ1v) is 5.12. The minimum atomic E-state index is 0.644. The van der Waals surface area contributed by atoms with Crippen LogP contribution in [0, 0.1) is 0 Å². The molecule has 0 radical (unpaired) electrons. The summed E-state index contributed by atoms with van der Waals surface area (Å²) in [5, 5.41) is 0. The molecule has 3 heteroatoms. The Labute approximate surface area is 81.1 Å². The smallest absolute Gasteiger partial charge is 0.151 e. The third-order valence-corrected chi connectivity index (χ3v) is 3.04. The fourth-order valence-electron chi connectivity index (χ4n) is 1.28. The van der Waals surface area contributed by atoms with Gasteiger partial charge in [-0.05, 0) is 12.5 Å². The highest BCUT2D eigenvalue weighted by molar-refractivity contribution is 8.08. The first kappa shape index (κ1) is 8.51. The summed E-state index contributed by atoms with van der Waals surface area (Å²) in [4.78, 5) is 15.8. The van der Waals surface area contributed by atoms with E-state index in [1.54, 1.807) is 12.4 Å². The van der Waals surface area contributed by atoms with Gasteiger partial charge in [-0.2, -0.15) is 0 Å². The topological polar surface area (TPSA) is 30.0 Å². The average molecular weight is 191 g/mol. The van der Waals surface area contributed by atoms with Crippen LogP contribution in [0.25, 0.3) is 4.91 Å². The third kappa shape index (κ3) is 1.80. The molecule has 0 N–H and O–H groups in total. The number of rotatable bonds is 2. The Morgan fingerprint density at radius 3 is 3.08 bits per heavy atom. The van der Waals surface area contributed by atoms with Crippen LogP contribution in [-0.2, 0) is 0 Å². The number of carbonyl (C=O) groups is 1. The first-order valence-electron chi connectivity index (χ1n) is 4.14. The number of hydrogen-bond acceptors (Lipinski definition) is 3. The Bertz CT molecular complexity index is 360. The number of aromatic nitrogens is 1. The summed E-state index contributed by atoms with van der Waals surface area (Å²) in [6, 6.07) is 1.88. The van der Waals surface area contributed by atoms with Crippen molar-refractivity contribution in [1.29, 1.82) is 0 Å². The van der Waals surface area contributed by atoms with Gasteiger partial charge in [-0.1, -0.05) is 6.08 Å². The highest BCUT2D eigenvalue weighted by Gasteiger charge is 2.08. The van der Waals surface area contributed by atoms with E-state index in [0.29, 0.717) is 5.56 Å². The summed E-state index contributed by atoms with van der Waals surface area (Å²) in [5.74, 6) is 1.14. The predicted octanol–water partition coefficient (Wildman–Crippen LogP) is 2.37. The lowest BCUT2D eigenvalue weighted by Gasteiger charge is -2.00. The fraction of sp³-hybridized carbons (Fsp3) is 0.200. The minimum Gasteiger partial charge on any atom is -0.298 e. The highest BCUT2D eigenvalue weighted by atomic mass is 32.2. The first-order chi connectivity index (χ1) is 6.40. The number of allylic oxidation sites excluding steroid dienone is 1. The Morgan fingerprint density at radius 2 is 2.38 bits per heavy atom. The number of nitrogens with zero attached hydrogens (tertiary/aromatic N) is 1. The van der Waals surface area contributed by atoms with Crippen molar-refractivity contribution < 1.29 is 4.79 Å². The molecular weight excluding hydrogens is 182 g/mol. The molecule has 1 aliphatic rings. The molecule has 1 aromatic heterocycles. The third-order valence-electron chi connectivity index (χ3n) is 1.89. The Morgan fingerprint density at radius 1 is 1.46 bits per heavy atom. The molecule has 2 nitrogen and oxygen atoms in total. The molecule has 1 aliphatic heterocycles. The van der Waals surface area contributed by atoms with Gasteiger partial charge in [-0.25, -0.2) is 0 Å². The lowest BCUT2D eigenvalue weighted by molar-refractivity contribution is 0.112. The Balaban J connectivity index is 2.34. The van der Waals surface area contributed by atoms with Crippen LogP contribution >= 0.6 is 11.8 Å². The maximum atomic E-state index is 10.5. The zero-order valence-corrected chi connectivity index (χ0v) is 7.88. The van der Waals surface area contributed by atoms with Gasteiger partial charge in [0.1, 0.15) is 0 Å². The molecule has 0 saturated carbocycles. The van der Waals surface area contributed by atoms with Gasteiger partial charge < -0.3 is 0 Å². The minimum absolute atomic E-state index is 0.644. The number of aldehydes is 1. The quantitative estimate of drug-likeness (QED) is 0.672. The zero-order chi connectivity index (χ0) is 9.10. The zero-order valence-electron chi connectivity index (χ0n) is 7.06. The SMILES string of the molecule is O=Cc1cncc(C2=CCCS2)c1. The Hall–Kier alpha value is -1.09. The molecule has 2 heterocycles. The van der Waals surface area contributed by atoms with E-state index in [1.807, 2.05) is 17.8 Å². The molecule has 1 aromatic rings. The van der Waals surface area contributed by atoms with Crippen molar-refractivity contribution in [3.63, 3.8) is 0 Å². The van der Waals surface area contributed by atoms with Crippen LogP contribution in [0.2, 0.25) is 0 Å². The van der Waals surface area contributed by atoms with Gasteiger partial charge in [0.25, 0.3) is 0 Å². The predicted molar refractivity (Wildman–Crippen MR) is 54.7 cm³/mol. The van der Waals surface area contributed by atoms with Gasteiger partial charge in [-0.15, -0.1) is 11.8 Å². The van der Waals surface area contributed by atoms with Crippen molar-refractivity contribution in [2.45, 2.75) is 6.42 Å². The summed E-state index contributed by atoms with van der Waals surface area (Å²) in [6.45, 7) is 0. The summed E-state index contributed by atoms with van der Waals surface area (Å²) >= 11 is 1.82. The number of thioether (sulfide) groups is 1. The van der Waals surface area contributed by atoms with E-state index < -0.39 is 0 Å². The second-order valence-electron chi connectivity index (χ2n) is 2.83. The van der Waals surface area contributed by atoms with Crippen LogP contribution in [0.5, 0.6) is 0 Å². The van der Waals surface area contributed by atoms with Crippen molar-refractivity contribution in [2.24, 2.45) is 0 Å². The van der Waals surface area contributed by atoms with E-state index in [0.717, 1.165) is 24.0 Å². The summed E-state index contributed by atoms with van der Waals surface area (Å²) in [5.41, 5.74) is 1.71. The van der Waals surface area contributed by atoms with Crippen LogP contribution in [0.4, 0.5) is 0 Å². The molecular formula is C10H9NOS. The monoisotopic (exact) mass is 191 g/mol. The van der Waals surface area contributed by atoms with Crippen LogP contribution in [-0.4, -0.2) is 17.0 Å². The van der Waals surface area contributed by atoms with E-state index >= 15 is 0 Å². The van der Waals surface area contributed by atoms with Crippen molar-refractivity contribution in [3.05, 3.63) is 35.7 Å². The van der Waals surface area contributed by atoms with E-state index in [-0.39, 0.29) is 0 Å².